The highest BCUT2D eigenvalue weighted by atomic mass is 79.9. The molecule has 0 aliphatic heterocycles. The Labute approximate surface area is 121 Å². The van der Waals surface area contributed by atoms with E-state index in [9.17, 15) is 13.5 Å². The van der Waals surface area contributed by atoms with Gasteiger partial charge >= 0.3 is 0 Å². The quantitative estimate of drug-likeness (QED) is 0.860. The van der Waals surface area contributed by atoms with Crippen LogP contribution in [0.15, 0.2) is 34.1 Å². The van der Waals surface area contributed by atoms with Crippen molar-refractivity contribution in [2.24, 2.45) is 0 Å². The fraction of sp³-hybridized carbons (Fsp3) is 0.385. The molecule has 0 saturated heterocycles. The molecular formula is C13H16BrNO3S. The van der Waals surface area contributed by atoms with Gasteiger partial charge in [-0.1, -0.05) is 28.1 Å². The van der Waals surface area contributed by atoms with Gasteiger partial charge < -0.3 is 5.11 Å². The molecule has 1 saturated carbocycles. The zero-order chi connectivity index (χ0) is 13.9. The molecule has 4 nitrogen and oxygen atoms in total. The highest BCUT2D eigenvalue weighted by Gasteiger charge is 2.34. The van der Waals surface area contributed by atoms with Gasteiger partial charge in [0.05, 0.1) is 5.60 Å². The lowest BCUT2D eigenvalue weighted by Gasteiger charge is -2.36. The van der Waals surface area contributed by atoms with Gasteiger partial charge in [0.15, 0.2) is 0 Å². The third-order valence-corrected chi connectivity index (χ3v) is 4.71. The van der Waals surface area contributed by atoms with Gasteiger partial charge in [-0.15, -0.1) is 0 Å². The molecular weight excluding hydrogens is 330 g/mol. The number of hydrogen-bond acceptors (Lipinski definition) is 3. The van der Waals surface area contributed by atoms with E-state index in [2.05, 4.69) is 20.7 Å². The van der Waals surface area contributed by atoms with Crippen LogP contribution in [0, 0.1) is 0 Å². The number of hydrogen-bond donors (Lipinski definition) is 2. The van der Waals surface area contributed by atoms with Crippen molar-refractivity contribution in [1.29, 1.82) is 0 Å². The minimum absolute atomic E-state index is 0.0815. The summed E-state index contributed by atoms with van der Waals surface area (Å²) in [7, 11) is -3.51. The fourth-order valence-electron chi connectivity index (χ4n) is 1.82. The van der Waals surface area contributed by atoms with Gasteiger partial charge in [0.1, 0.15) is 0 Å². The van der Waals surface area contributed by atoms with Crippen molar-refractivity contribution >= 4 is 32.0 Å². The van der Waals surface area contributed by atoms with E-state index in [-0.39, 0.29) is 6.54 Å². The van der Waals surface area contributed by atoms with E-state index in [0.29, 0.717) is 12.8 Å². The first-order valence-corrected chi connectivity index (χ1v) is 8.38. The molecule has 19 heavy (non-hydrogen) atoms. The summed E-state index contributed by atoms with van der Waals surface area (Å²) in [6.45, 7) is 0.0815. The Hall–Kier alpha value is -0.690. The van der Waals surface area contributed by atoms with Gasteiger partial charge in [-0.05, 0) is 43.0 Å². The van der Waals surface area contributed by atoms with E-state index in [1.807, 2.05) is 24.3 Å². The second-order valence-corrected chi connectivity index (χ2v) is 7.37. The van der Waals surface area contributed by atoms with Crippen LogP contribution in [0.3, 0.4) is 0 Å². The zero-order valence-electron chi connectivity index (χ0n) is 10.3. The third kappa shape index (κ3) is 4.42. The van der Waals surface area contributed by atoms with Crippen LogP contribution in [-0.2, 0) is 10.0 Å². The van der Waals surface area contributed by atoms with Crippen LogP contribution in [0.2, 0.25) is 0 Å². The molecule has 0 amide bonds. The Morgan fingerprint density at radius 2 is 2.16 bits per heavy atom. The van der Waals surface area contributed by atoms with Gasteiger partial charge in [0, 0.05) is 16.4 Å². The van der Waals surface area contributed by atoms with Crippen LogP contribution < -0.4 is 4.72 Å². The molecule has 1 aromatic rings. The molecule has 2 N–H and O–H groups in total. The minimum Gasteiger partial charge on any atom is -0.389 e. The topological polar surface area (TPSA) is 66.4 Å². The molecule has 1 fully saturated rings. The molecule has 1 aliphatic carbocycles. The second-order valence-electron chi connectivity index (χ2n) is 4.80. The van der Waals surface area contributed by atoms with Crippen molar-refractivity contribution in [3.05, 3.63) is 39.7 Å². The lowest BCUT2D eigenvalue weighted by molar-refractivity contribution is -0.0270. The summed E-state index contributed by atoms with van der Waals surface area (Å²) in [5.41, 5.74) is -0.0569. The van der Waals surface area contributed by atoms with Crippen LogP contribution in [0.4, 0.5) is 0 Å². The molecule has 0 bridgehead atoms. The smallest absolute Gasteiger partial charge is 0.233 e. The monoisotopic (exact) mass is 345 g/mol. The summed E-state index contributed by atoms with van der Waals surface area (Å²) < 4.78 is 26.8. The maximum atomic E-state index is 11.8. The normalized spacial score (nSPS) is 18.4. The molecule has 1 aromatic carbocycles. The van der Waals surface area contributed by atoms with Crippen LogP contribution in [0.1, 0.15) is 24.8 Å². The largest absolute Gasteiger partial charge is 0.389 e. The first-order chi connectivity index (χ1) is 8.89. The summed E-state index contributed by atoms with van der Waals surface area (Å²) >= 11 is 3.32. The second kappa shape index (κ2) is 5.75. The fourth-order valence-corrected chi connectivity index (χ4v) is 3.14. The van der Waals surface area contributed by atoms with E-state index in [4.69, 9.17) is 0 Å². The van der Waals surface area contributed by atoms with Gasteiger partial charge in [0.2, 0.25) is 10.0 Å². The summed E-state index contributed by atoms with van der Waals surface area (Å²) in [6, 6.07) is 7.35. The molecule has 0 heterocycles. The Morgan fingerprint density at radius 1 is 1.42 bits per heavy atom. The van der Waals surface area contributed by atoms with Gasteiger partial charge in [-0.2, -0.15) is 0 Å². The number of aliphatic hydroxyl groups is 1. The predicted molar refractivity (Wildman–Crippen MR) is 78.9 cm³/mol. The van der Waals surface area contributed by atoms with E-state index in [1.54, 1.807) is 0 Å². The van der Waals surface area contributed by atoms with E-state index in [0.717, 1.165) is 21.9 Å². The molecule has 0 aromatic heterocycles. The average molecular weight is 346 g/mol. The van der Waals surface area contributed by atoms with Crippen LogP contribution >= 0.6 is 15.9 Å². The Kier molecular flexibility index (Phi) is 4.45. The van der Waals surface area contributed by atoms with Crippen molar-refractivity contribution in [2.75, 3.05) is 6.54 Å². The van der Waals surface area contributed by atoms with E-state index >= 15 is 0 Å². The van der Waals surface area contributed by atoms with Gasteiger partial charge in [-0.3, -0.25) is 0 Å². The number of halogens is 1. The molecule has 0 spiro atoms. The van der Waals surface area contributed by atoms with Crippen molar-refractivity contribution < 1.29 is 13.5 Å². The third-order valence-electron chi connectivity index (χ3n) is 3.17. The summed E-state index contributed by atoms with van der Waals surface area (Å²) in [4.78, 5) is 0. The molecule has 1 aliphatic rings. The number of sulfonamides is 1. The zero-order valence-corrected chi connectivity index (χ0v) is 12.7. The minimum atomic E-state index is -3.51. The van der Waals surface area contributed by atoms with Crippen molar-refractivity contribution in [1.82, 2.24) is 4.72 Å². The standard InChI is InChI=1S/C13H16BrNO3S/c14-12-4-1-3-11(9-12)5-8-19(17,18)15-10-13(16)6-2-7-13/h1,3-5,8-9,15-16H,2,6-7,10H2/b8-5+. The van der Waals surface area contributed by atoms with Gasteiger partial charge in [-0.25, -0.2) is 13.1 Å². The van der Waals surface area contributed by atoms with Crippen molar-refractivity contribution in [3.8, 4) is 0 Å². The molecule has 0 atom stereocenters. The summed E-state index contributed by atoms with van der Waals surface area (Å²) in [5, 5.41) is 11.0. The maximum absolute atomic E-state index is 11.8. The van der Waals surface area contributed by atoms with Crippen LogP contribution in [0.25, 0.3) is 6.08 Å². The first kappa shape index (κ1) is 14.7. The first-order valence-electron chi connectivity index (χ1n) is 6.04. The Bertz CT molecular complexity index is 579. The number of rotatable bonds is 5. The van der Waals surface area contributed by atoms with Crippen molar-refractivity contribution in [2.45, 2.75) is 24.9 Å². The number of benzene rings is 1. The van der Waals surface area contributed by atoms with E-state index < -0.39 is 15.6 Å². The lowest BCUT2D eigenvalue weighted by Crippen LogP contribution is -2.47. The summed E-state index contributed by atoms with van der Waals surface area (Å²) in [6.07, 6.45) is 3.79. The molecule has 6 heteroatoms. The van der Waals surface area contributed by atoms with Crippen LogP contribution in [-0.4, -0.2) is 25.7 Å². The van der Waals surface area contributed by atoms with Gasteiger partial charge in [0.25, 0.3) is 0 Å². The number of nitrogens with one attached hydrogen (secondary N) is 1. The summed E-state index contributed by atoms with van der Waals surface area (Å²) in [5.74, 6) is 0. The Balaban J connectivity index is 1.96. The average Bonchev–Trinajstić information content (AvgIpc) is 2.32. The Morgan fingerprint density at radius 3 is 2.74 bits per heavy atom. The maximum Gasteiger partial charge on any atom is 0.233 e. The molecule has 0 unspecified atom stereocenters. The molecule has 104 valence electrons. The molecule has 0 radical (unpaired) electrons. The highest BCUT2D eigenvalue weighted by molar-refractivity contribution is 9.10. The highest BCUT2D eigenvalue weighted by Crippen LogP contribution is 2.30. The SMILES string of the molecule is O=S(=O)(/C=C/c1cccc(Br)c1)NCC1(O)CCC1. The lowest BCUT2D eigenvalue weighted by atomic mass is 9.81. The predicted octanol–water partition coefficient (Wildman–Crippen LogP) is 2.25. The van der Waals surface area contributed by atoms with E-state index in [1.165, 1.54) is 6.08 Å². The molecule has 2 rings (SSSR count). The van der Waals surface area contributed by atoms with Crippen molar-refractivity contribution in [3.63, 3.8) is 0 Å². The van der Waals surface area contributed by atoms with Crippen LogP contribution in [0.5, 0.6) is 0 Å².